The third-order valence-electron chi connectivity index (χ3n) is 5.97. The minimum absolute atomic E-state index is 0.0485. The number of carbonyl (C=O) groups excluding carboxylic acids is 2. The largest absolute Gasteiger partial charge is 0.482 e. The van der Waals surface area contributed by atoms with Crippen LogP contribution in [0.4, 0.5) is 5.69 Å². The lowest BCUT2D eigenvalue weighted by molar-refractivity contribution is -0.125. The lowest BCUT2D eigenvalue weighted by Gasteiger charge is -2.31. The van der Waals surface area contributed by atoms with Crippen molar-refractivity contribution in [2.24, 2.45) is 0 Å². The van der Waals surface area contributed by atoms with Gasteiger partial charge >= 0.3 is 0 Å². The molecule has 0 aliphatic carbocycles. The molecule has 1 saturated heterocycles. The van der Waals surface area contributed by atoms with Crippen LogP contribution in [0.25, 0.3) is 0 Å². The van der Waals surface area contributed by atoms with Gasteiger partial charge in [0, 0.05) is 19.1 Å². The maximum absolute atomic E-state index is 13.1. The number of nitrogens with one attached hydrogen (secondary N) is 1. The van der Waals surface area contributed by atoms with Gasteiger partial charge in [-0.3, -0.25) is 14.5 Å². The number of anilines is 1. The summed E-state index contributed by atoms with van der Waals surface area (Å²) in [6.45, 7) is 2.76. The normalized spacial score (nSPS) is 17.6. The summed E-state index contributed by atoms with van der Waals surface area (Å²) in [5, 5.41) is 3.00. The van der Waals surface area contributed by atoms with Crippen molar-refractivity contribution in [2.75, 3.05) is 44.4 Å². The number of hydrogen-bond donors (Lipinski definition) is 1. The second kappa shape index (κ2) is 10.5. The van der Waals surface area contributed by atoms with E-state index in [2.05, 4.69) is 5.32 Å². The molecule has 0 spiro atoms. The van der Waals surface area contributed by atoms with E-state index in [1.165, 1.54) is 27.4 Å². The van der Waals surface area contributed by atoms with Gasteiger partial charge in [-0.25, -0.2) is 8.42 Å². The molecule has 2 aromatic rings. The summed E-state index contributed by atoms with van der Waals surface area (Å²) < 4.78 is 38.3. The predicted molar refractivity (Wildman–Crippen MR) is 126 cm³/mol. The Hall–Kier alpha value is -2.95. The van der Waals surface area contributed by atoms with Crippen LogP contribution in [0, 0.1) is 0 Å². The van der Waals surface area contributed by atoms with Crippen LogP contribution in [0.15, 0.2) is 53.4 Å². The fourth-order valence-corrected chi connectivity index (χ4v) is 5.49. The maximum atomic E-state index is 13.1. The van der Waals surface area contributed by atoms with E-state index in [1.54, 1.807) is 0 Å². The van der Waals surface area contributed by atoms with Crippen LogP contribution < -0.4 is 15.0 Å². The number of morpholine rings is 1. The molecule has 4 rings (SSSR count). The molecule has 10 heteroatoms. The Kier molecular flexibility index (Phi) is 7.50. The summed E-state index contributed by atoms with van der Waals surface area (Å²) in [6, 6.07) is 14.2. The van der Waals surface area contributed by atoms with Gasteiger partial charge in [0.25, 0.3) is 5.91 Å². The van der Waals surface area contributed by atoms with E-state index in [0.717, 1.165) is 12.0 Å². The molecule has 1 fully saturated rings. The fraction of sp³-hybridized carbons (Fsp3) is 0.417. The van der Waals surface area contributed by atoms with Gasteiger partial charge in [-0.2, -0.15) is 4.31 Å². The Balaban J connectivity index is 1.51. The molecule has 2 heterocycles. The van der Waals surface area contributed by atoms with Crippen molar-refractivity contribution in [3.63, 3.8) is 0 Å². The average Bonchev–Trinajstić information content (AvgIpc) is 2.86. The Labute approximate surface area is 199 Å². The first-order valence-corrected chi connectivity index (χ1v) is 12.8. The fourth-order valence-electron chi connectivity index (χ4n) is 4.06. The Bertz CT molecular complexity index is 1130. The molecule has 0 bridgehead atoms. The number of fused-ring (bicyclic) bond motifs is 1. The van der Waals surface area contributed by atoms with Gasteiger partial charge in [0.1, 0.15) is 12.3 Å². The molecule has 0 unspecified atom stereocenters. The number of ether oxygens (including phenoxy) is 2. The predicted octanol–water partition coefficient (Wildman–Crippen LogP) is 1.57. The molecule has 1 N–H and O–H groups in total. The topological polar surface area (TPSA) is 105 Å². The molecule has 1 atom stereocenters. The average molecular weight is 488 g/mol. The van der Waals surface area contributed by atoms with E-state index in [1.807, 2.05) is 37.3 Å². The minimum atomic E-state index is -3.76. The molecule has 182 valence electrons. The van der Waals surface area contributed by atoms with Crippen LogP contribution in [-0.4, -0.2) is 70.0 Å². The van der Waals surface area contributed by atoms with Crippen LogP contribution in [0.5, 0.6) is 5.75 Å². The first-order valence-electron chi connectivity index (χ1n) is 11.4. The van der Waals surface area contributed by atoms with Gasteiger partial charge in [0.05, 0.1) is 23.8 Å². The molecule has 0 radical (unpaired) electrons. The van der Waals surface area contributed by atoms with E-state index < -0.39 is 15.9 Å². The van der Waals surface area contributed by atoms with Gasteiger partial charge in [0.15, 0.2) is 6.61 Å². The Morgan fingerprint density at radius 1 is 1.12 bits per heavy atom. The highest BCUT2D eigenvalue weighted by Crippen LogP contribution is 2.35. The summed E-state index contributed by atoms with van der Waals surface area (Å²) >= 11 is 0. The van der Waals surface area contributed by atoms with Gasteiger partial charge in [-0.15, -0.1) is 0 Å². The maximum Gasteiger partial charge on any atom is 0.265 e. The highest BCUT2D eigenvalue weighted by atomic mass is 32.2. The second-order valence-corrected chi connectivity index (χ2v) is 10.2. The highest BCUT2D eigenvalue weighted by Gasteiger charge is 2.32. The van der Waals surface area contributed by atoms with Crippen LogP contribution in [-0.2, 0) is 30.8 Å². The summed E-state index contributed by atoms with van der Waals surface area (Å²) in [5.74, 6) is -0.352. The van der Waals surface area contributed by atoms with E-state index in [0.29, 0.717) is 25.4 Å². The molecule has 34 heavy (non-hydrogen) atoms. The summed E-state index contributed by atoms with van der Waals surface area (Å²) in [4.78, 5) is 26.9. The van der Waals surface area contributed by atoms with Crippen LogP contribution in [0.3, 0.4) is 0 Å². The summed E-state index contributed by atoms with van der Waals surface area (Å²) in [6.07, 6.45) is 1.41. The van der Waals surface area contributed by atoms with E-state index in [4.69, 9.17) is 9.47 Å². The zero-order valence-corrected chi connectivity index (χ0v) is 19.9. The molecule has 2 aromatic carbocycles. The van der Waals surface area contributed by atoms with Crippen molar-refractivity contribution in [1.29, 1.82) is 0 Å². The quantitative estimate of drug-likeness (QED) is 0.606. The van der Waals surface area contributed by atoms with Crippen LogP contribution in [0.1, 0.15) is 18.9 Å². The number of benzene rings is 2. The monoisotopic (exact) mass is 487 g/mol. The smallest absolute Gasteiger partial charge is 0.265 e. The molecular formula is C24H29N3O6S. The number of nitrogens with zero attached hydrogens (tertiary/aromatic N) is 2. The number of hydrogen-bond acceptors (Lipinski definition) is 6. The van der Waals surface area contributed by atoms with Crippen molar-refractivity contribution in [3.8, 4) is 5.75 Å². The van der Waals surface area contributed by atoms with Crippen molar-refractivity contribution in [1.82, 2.24) is 9.62 Å². The molecule has 2 aliphatic rings. The molecule has 9 nitrogen and oxygen atoms in total. The van der Waals surface area contributed by atoms with Crippen molar-refractivity contribution < 1.29 is 27.5 Å². The zero-order chi connectivity index (χ0) is 24.1. The van der Waals surface area contributed by atoms with Crippen molar-refractivity contribution >= 4 is 27.5 Å². The van der Waals surface area contributed by atoms with E-state index >= 15 is 0 Å². The van der Waals surface area contributed by atoms with E-state index in [-0.39, 0.29) is 48.8 Å². The Morgan fingerprint density at radius 2 is 1.85 bits per heavy atom. The van der Waals surface area contributed by atoms with E-state index in [9.17, 15) is 18.0 Å². The summed E-state index contributed by atoms with van der Waals surface area (Å²) in [7, 11) is -3.76. The van der Waals surface area contributed by atoms with Crippen LogP contribution in [0.2, 0.25) is 0 Å². The SMILES string of the molecule is CC[C@@H](Cc1ccccc1)NC(=O)CN1C(=O)COc2ccc(S(=O)(=O)N3CCOCC3)cc21. The Morgan fingerprint density at radius 3 is 2.56 bits per heavy atom. The van der Waals surface area contributed by atoms with Crippen LogP contribution >= 0.6 is 0 Å². The molecule has 2 aliphatic heterocycles. The van der Waals surface area contributed by atoms with Gasteiger partial charge < -0.3 is 14.8 Å². The number of sulfonamides is 1. The summed E-state index contributed by atoms with van der Waals surface area (Å²) in [5.41, 5.74) is 1.39. The number of amides is 2. The minimum Gasteiger partial charge on any atom is -0.482 e. The third kappa shape index (κ3) is 5.40. The van der Waals surface area contributed by atoms with Crippen molar-refractivity contribution in [3.05, 3.63) is 54.1 Å². The molecule has 0 aromatic heterocycles. The van der Waals surface area contributed by atoms with Gasteiger partial charge in [-0.05, 0) is 36.6 Å². The number of rotatable bonds is 8. The first-order chi connectivity index (χ1) is 16.4. The second-order valence-electron chi connectivity index (χ2n) is 8.28. The molecule has 0 saturated carbocycles. The molecule has 2 amide bonds. The first kappa shape index (κ1) is 24.2. The standard InChI is InChI=1S/C24H29N3O6S/c1-2-19(14-18-6-4-3-5-7-18)25-23(28)16-27-21-15-20(8-9-22(21)33-17-24(27)29)34(30,31)26-10-12-32-13-11-26/h3-9,15,19H,2,10-14,16-17H2,1H3,(H,25,28)/t19-/m0/s1. The van der Waals surface area contributed by atoms with Crippen molar-refractivity contribution in [2.45, 2.75) is 30.7 Å². The highest BCUT2D eigenvalue weighted by molar-refractivity contribution is 7.89. The molecular weight excluding hydrogens is 458 g/mol. The van der Waals surface area contributed by atoms with Gasteiger partial charge in [0.2, 0.25) is 15.9 Å². The lowest BCUT2D eigenvalue weighted by Crippen LogP contribution is -2.47. The van der Waals surface area contributed by atoms with Gasteiger partial charge in [-0.1, -0.05) is 37.3 Å². The number of carbonyl (C=O) groups is 2. The third-order valence-corrected chi connectivity index (χ3v) is 7.86. The zero-order valence-electron chi connectivity index (χ0n) is 19.1. The lowest BCUT2D eigenvalue weighted by atomic mass is 10.0.